The summed E-state index contributed by atoms with van der Waals surface area (Å²) < 4.78 is 0. The van der Waals surface area contributed by atoms with Gasteiger partial charge < -0.3 is 37.0 Å². The minimum Gasteiger partial charge on any atom is -0.481 e. The van der Waals surface area contributed by atoms with Crippen molar-refractivity contribution < 1.29 is 44.1 Å². The lowest BCUT2D eigenvalue weighted by atomic mass is 10.0. The molecular weight excluding hydrogens is 404 g/mol. The summed E-state index contributed by atoms with van der Waals surface area (Å²) in [5, 5.41) is 33.5. The van der Waals surface area contributed by atoms with E-state index in [9.17, 15) is 33.9 Å². The van der Waals surface area contributed by atoms with E-state index in [4.69, 9.17) is 15.9 Å². The molecule has 0 saturated carbocycles. The monoisotopic (exact) mass is 432 g/mol. The number of hydrogen-bond donors (Lipinski definition) is 7. The van der Waals surface area contributed by atoms with Crippen LogP contribution in [-0.4, -0.2) is 75.1 Å². The highest BCUT2D eigenvalue weighted by Crippen LogP contribution is 2.06. The van der Waals surface area contributed by atoms with Crippen molar-refractivity contribution in [2.75, 3.05) is 0 Å². The number of aliphatic carboxylic acids is 3. The molecule has 8 N–H and O–H groups in total. The van der Waals surface area contributed by atoms with E-state index in [1.54, 1.807) is 0 Å². The normalized spacial score (nSPS) is 14.7. The molecule has 4 atom stereocenters. The van der Waals surface area contributed by atoms with Crippen molar-refractivity contribution in [1.29, 1.82) is 0 Å². The number of rotatable bonds is 13. The van der Waals surface area contributed by atoms with Crippen LogP contribution in [-0.2, 0) is 28.8 Å². The average molecular weight is 432 g/mol. The molecule has 13 heteroatoms. The SMILES string of the molecule is CC(N)C(=O)NC(CC(=O)O)C(=O)NC(CCC(=O)O)C(=O)NC(C(=O)O)C(C)C. The maximum atomic E-state index is 12.5. The van der Waals surface area contributed by atoms with Crippen LogP contribution in [0.3, 0.4) is 0 Å². The van der Waals surface area contributed by atoms with Gasteiger partial charge in [-0.15, -0.1) is 0 Å². The second kappa shape index (κ2) is 12.4. The van der Waals surface area contributed by atoms with E-state index in [0.717, 1.165) is 0 Å². The molecule has 0 rings (SSSR count). The summed E-state index contributed by atoms with van der Waals surface area (Å²) in [6.45, 7) is 4.39. The molecule has 13 nitrogen and oxygen atoms in total. The van der Waals surface area contributed by atoms with Crippen LogP contribution >= 0.6 is 0 Å². The maximum absolute atomic E-state index is 12.5. The molecule has 0 aromatic heterocycles. The van der Waals surface area contributed by atoms with Gasteiger partial charge in [-0.1, -0.05) is 13.8 Å². The number of amides is 3. The Labute approximate surface area is 172 Å². The zero-order valence-corrected chi connectivity index (χ0v) is 16.9. The highest BCUT2D eigenvalue weighted by molar-refractivity contribution is 5.95. The molecule has 0 aliphatic rings. The molecule has 0 spiro atoms. The van der Waals surface area contributed by atoms with Gasteiger partial charge in [-0.2, -0.15) is 0 Å². The third-order valence-corrected chi connectivity index (χ3v) is 3.94. The lowest BCUT2D eigenvalue weighted by Crippen LogP contribution is -2.57. The van der Waals surface area contributed by atoms with Gasteiger partial charge in [-0.05, 0) is 19.3 Å². The Balaban J connectivity index is 5.51. The molecule has 0 aliphatic heterocycles. The van der Waals surface area contributed by atoms with Crippen molar-refractivity contribution in [3.8, 4) is 0 Å². The number of hydrogen-bond acceptors (Lipinski definition) is 7. The van der Waals surface area contributed by atoms with Crippen LogP contribution in [0, 0.1) is 5.92 Å². The molecular formula is C17H28N4O9. The van der Waals surface area contributed by atoms with Gasteiger partial charge in [0.1, 0.15) is 18.1 Å². The molecule has 3 amide bonds. The average Bonchev–Trinajstić information content (AvgIpc) is 2.60. The van der Waals surface area contributed by atoms with Gasteiger partial charge >= 0.3 is 17.9 Å². The second-order valence-electron chi connectivity index (χ2n) is 7.01. The van der Waals surface area contributed by atoms with E-state index in [0.29, 0.717) is 0 Å². The fourth-order valence-corrected chi connectivity index (χ4v) is 2.26. The molecule has 30 heavy (non-hydrogen) atoms. The van der Waals surface area contributed by atoms with Gasteiger partial charge in [0.2, 0.25) is 17.7 Å². The molecule has 170 valence electrons. The molecule has 0 heterocycles. The van der Waals surface area contributed by atoms with Crippen molar-refractivity contribution >= 4 is 35.6 Å². The number of nitrogens with one attached hydrogen (secondary N) is 3. The predicted molar refractivity (Wildman–Crippen MR) is 101 cm³/mol. The molecule has 0 aromatic rings. The van der Waals surface area contributed by atoms with E-state index < -0.39 is 85.0 Å². The number of nitrogens with two attached hydrogens (primary N) is 1. The Bertz CT molecular complexity index is 678. The van der Waals surface area contributed by atoms with Crippen molar-refractivity contribution in [3.63, 3.8) is 0 Å². The molecule has 0 bridgehead atoms. The Hall–Kier alpha value is -3.22. The third-order valence-electron chi connectivity index (χ3n) is 3.94. The van der Waals surface area contributed by atoms with Gasteiger partial charge in [-0.25, -0.2) is 4.79 Å². The first-order valence-corrected chi connectivity index (χ1v) is 9.09. The first-order chi connectivity index (χ1) is 13.8. The Morgan fingerprint density at radius 2 is 1.27 bits per heavy atom. The van der Waals surface area contributed by atoms with Gasteiger partial charge in [0, 0.05) is 6.42 Å². The quantitative estimate of drug-likeness (QED) is 0.167. The van der Waals surface area contributed by atoms with Crippen molar-refractivity contribution in [2.45, 2.75) is 64.2 Å². The topological polar surface area (TPSA) is 225 Å². The van der Waals surface area contributed by atoms with Gasteiger partial charge in [0.05, 0.1) is 12.5 Å². The zero-order chi connectivity index (χ0) is 23.6. The summed E-state index contributed by atoms with van der Waals surface area (Å²) in [6, 6.07) is -5.39. The van der Waals surface area contributed by atoms with Gasteiger partial charge in [0.15, 0.2) is 0 Å². The first kappa shape index (κ1) is 26.8. The fraction of sp³-hybridized carbons (Fsp3) is 0.647. The smallest absolute Gasteiger partial charge is 0.326 e. The van der Waals surface area contributed by atoms with Crippen LogP contribution in [0.5, 0.6) is 0 Å². The number of carbonyl (C=O) groups excluding carboxylic acids is 3. The number of carbonyl (C=O) groups is 6. The van der Waals surface area contributed by atoms with Crippen LogP contribution in [0.4, 0.5) is 0 Å². The van der Waals surface area contributed by atoms with E-state index in [1.807, 2.05) is 0 Å². The minimum absolute atomic E-state index is 0.391. The largest absolute Gasteiger partial charge is 0.481 e. The molecule has 0 radical (unpaired) electrons. The van der Waals surface area contributed by atoms with Crippen LogP contribution < -0.4 is 21.7 Å². The van der Waals surface area contributed by atoms with Crippen LogP contribution in [0.15, 0.2) is 0 Å². The summed E-state index contributed by atoms with van der Waals surface area (Å²) >= 11 is 0. The summed E-state index contributed by atoms with van der Waals surface area (Å²) in [7, 11) is 0. The molecule has 0 aliphatic carbocycles. The van der Waals surface area contributed by atoms with Gasteiger partial charge in [0.25, 0.3) is 0 Å². The zero-order valence-electron chi connectivity index (χ0n) is 16.9. The number of carboxylic acid groups (broad SMARTS) is 3. The lowest BCUT2D eigenvalue weighted by Gasteiger charge is -2.25. The Kier molecular flexibility index (Phi) is 11.0. The van der Waals surface area contributed by atoms with Crippen molar-refractivity contribution in [1.82, 2.24) is 16.0 Å². The molecule has 0 saturated heterocycles. The third kappa shape index (κ3) is 9.82. The van der Waals surface area contributed by atoms with E-state index >= 15 is 0 Å². The van der Waals surface area contributed by atoms with E-state index in [1.165, 1.54) is 20.8 Å². The highest BCUT2D eigenvalue weighted by Gasteiger charge is 2.32. The predicted octanol–water partition coefficient (Wildman–Crippen LogP) is -2.13. The summed E-state index contributed by atoms with van der Waals surface area (Å²) in [5.41, 5.74) is 5.38. The van der Waals surface area contributed by atoms with Crippen molar-refractivity contribution in [3.05, 3.63) is 0 Å². The standard InChI is InChI=1S/C17H28N4O9/c1-7(2)13(17(29)30)21-15(27)9(4-5-11(22)23)19-16(28)10(6-12(24)25)20-14(26)8(3)18/h7-10,13H,4-6,18H2,1-3H3,(H,19,28)(H,20,26)(H,21,27)(H,22,23)(H,24,25)(H,29,30). The fourth-order valence-electron chi connectivity index (χ4n) is 2.26. The van der Waals surface area contributed by atoms with E-state index in [2.05, 4.69) is 16.0 Å². The second-order valence-corrected chi connectivity index (χ2v) is 7.01. The summed E-state index contributed by atoms with van der Waals surface area (Å²) in [4.78, 5) is 69.8. The van der Waals surface area contributed by atoms with Crippen LogP contribution in [0.1, 0.15) is 40.0 Å². The van der Waals surface area contributed by atoms with Crippen molar-refractivity contribution in [2.24, 2.45) is 11.7 Å². The van der Waals surface area contributed by atoms with Crippen LogP contribution in [0.25, 0.3) is 0 Å². The Morgan fingerprint density at radius 3 is 1.67 bits per heavy atom. The van der Waals surface area contributed by atoms with Crippen LogP contribution in [0.2, 0.25) is 0 Å². The molecule has 0 aromatic carbocycles. The Morgan fingerprint density at radius 1 is 0.767 bits per heavy atom. The molecule has 4 unspecified atom stereocenters. The number of carboxylic acids is 3. The minimum atomic E-state index is -1.58. The molecule has 0 fully saturated rings. The maximum Gasteiger partial charge on any atom is 0.326 e. The summed E-state index contributed by atoms with van der Waals surface area (Å²) in [6.07, 6.45) is -1.74. The highest BCUT2D eigenvalue weighted by atomic mass is 16.4. The van der Waals surface area contributed by atoms with Gasteiger partial charge in [-0.3, -0.25) is 24.0 Å². The summed E-state index contributed by atoms with van der Waals surface area (Å²) in [5.74, 6) is -7.35. The first-order valence-electron chi connectivity index (χ1n) is 9.09. The van der Waals surface area contributed by atoms with E-state index in [-0.39, 0.29) is 0 Å². The lowest BCUT2D eigenvalue weighted by molar-refractivity contribution is -0.144.